The Kier molecular flexibility index (Phi) is 10.8. The Bertz CT molecular complexity index is 1750. The van der Waals surface area contributed by atoms with Crippen LogP contribution in [0.15, 0.2) is 78.9 Å². The molecule has 0 aliphatic carbocycles. The minimum Gasteiger partial charge on any atom is -0.481 e. The fourth-order valence-electron chi connectivity index (χ4n) is 5.24. The van der Waals surface area contributed by atoms with Gasteiger partial charge in [-0.2, -0.15) is 0 Å². The van der Waals surface area contributed by atoms with Crippen LogP contribution in [0.4, 0.5) is 14.5 Å². The molecular weight excluding hydrogens is 598 g/mol. The number of carbonyl (C=O) groups is 3. The number of carbonyl (C=O) groups excluding carboxylic acids is 2. The molecule has 46 heavy (non-hydrogen) atoms. The number of carboxylic acids is 1. The average molecular weight is 633 g/mol. The maximum atomic E-state index is 14.3. The van der Waals surface area contributed by atoms with Gasteiger partial charge in [-0.25, -0.2) is 13.6 Å². The van der Waals surface area contributed by atoms with Gasteiger partial charge in [0, 0.05) is 29.3 Å². The average Bonchev–Trinajstić information content (AvgIpc) is 3.35. The Labute approximate surface area is 264 Å². The summed E-state index contributed by atoms with van der Waals surface area (Å²) in [7, 11) is 1.22. The van der Waals surface area contributed by atoms with Gasteiger partial charge in [-0.05, 0) is 67.4 Å². The van der Waals surface area contributed by atoms with Gasteiger partial charge in [-0.15, -0.1) is 0 Å². The molecule has 3 aromatic carbocycles. The number of para-hydroxylation sites is 1. The van der Waals surface area contributed by atoms with Crippen molar-refractivity contribution in [3.05, 3.63) is 107 Å². The molecule has 0 fully saturated rings. The zero-order chi connectivity index (χ0) is 33.5. The predicted molar refractivity (Wildman–Crippen MR) is 169 cm³/mol. The summed E-state index contributed by atoms with van der Waals surface area (Å²) in [5.74, 6) is -3.50. The van der Waals surface area contributed by atoms with Crippen molar-refractivity contribution in [1.29, 1.82) is 0 Å². The maximum absolute atomic E-state index is 14.3. The third-order valence-electron chi connectivity index (χ3n) is 7.22. The molecule has 0 saturated heterocycles. The van der Waals surface area contributed by atoms with Gasteiger partial charge in [0.15, 0.2) is 0 Å². The van der Waals surface area contributed by atoms with Gasteiger partial charge >= 0.3 is 11.9 Å². The van der Waals surface area contributed by atoms with Gasteiger partial charge in [0.1, 0.15) is 17.3 Å². The lowest BCUT2D eigenvalue weighted by Crippen LogP contribution is -2.21. The second-order valence-corrected chi connectivity index (χ2v) is 10.9. The highest BCUT2D eigenvalue weighted by Crippen LogP contribution is 2.43. The number of hydrogen-bond acceptors (Lipinski definition) is 6. The molecule has 0 bridgehead atoms. The van der Waals surface area contributed by atoms with Crippen LogP contribution in [-0.4, -0.2) is 57.1 Å². The summed E-state index contributed by atoms with van der Waals surface area (Å²) in [5, 5.41) is 32.6. The van der Waals surface area contributed by atoms with E-state index in [0.29, 0.717) is 27.9 Å². The number of esters is 1. The number of halogens is 2. The number of methoxy groups -OCH3 is 1. The van der Waals surface area contributed by atoms with Crippen molar-refractivity contribution in [1.82, 2.24) is 4.57 Å². The van der Waals surface area contributed by atoms with Crippen molar-refractivity contribution in [3.8, 4) is 22.3 Å². The molecule has 1 aromatic heterocycles. The topological polar surface area (TPSA) is 138 Å². The van der Waals surface area contributed by atoms with E-state index < -0.39 is 48.1 Å². The fraction of sp³-hybridized carbons (Fsp3) is 0.229. The van der Waals surface area contributed by atoms with E-state index in [9.17, 15) is 33.4 Å². The smallest absolute Gasteiger partial charge is 0.339 e. The molecule has 4 aromatic rings. The first kappa shape index (κ1) is 33.8. The quantitative estimate of drug-likeness (QED) is 0.134. The Morgan fingerprint density at radius 2 is 1.46 bits per heavy atom. The van der Waals surface area contributed by atoms with E-state index in [2.05, 4.69) is 5.32 Å². The van der Waals surface area contributed by atoms with Gasteiger partial charge in [-0.3, -0.25) is 9.59 Å². The van der Waals surface area contributed by atoms with Crippen molar-refractivity contribution in [3.63, 3.8) is 0 Å². The number of aliphatic hydroxyl groups is 2. The number of carboxylic acid groups (broad SMARTS) is 1. The largest absolute Gasteiger partial charge is 0.481 e. The zero-order valence-electron chi connectivity index (χ0n) is 25.4. The van der Waals surface area contributed by atoms with Crippen LogP contribution in [-0.2, 0) is 9.53 Å². The van der Waals surface area contributed by atoms with Crippen molar-refractivity contribution in [2.45, 2.75) is 44.9 Å². The summed E-state index contributed by atoms with van der Waals surface area (Å²) in [6, 6.07) is 17.0. The summed E-state index contributed by atoms with van der Waals surface area (Å²) in [5.41, 5.74) is 2.63. The highest BCUT2D eigenvalue weighted by atomic mass is 19.1. The highest BCUT2D eigenvalue weighted by molar-refractivity contribution is 6.13. The molecule has 0 aliphatic rings. The number of nitrogens with one attached hydrogen (secondary N) is 1. The normalized spacial score (nSPS) is 12.7. The number of aromatic nitrogens is 1. The lowest BCUT2D eigenvalue weighted by Gasteiger charge is -2.18. The minimum atomic E-state index is -1.31. The molecule has 1 heterocycles. The van der Waals surface area contributed by atoms with Crippen LogP contribution in [0.25, 0.3) is 28.3 Å². The van der Waals surface area contributed by atoms with E-state index in [1.54, 1.807) is 28.8 Å². The Morgan fingerprint density at radius 3 is 2.00 bits per heavy atom. The molecule has 0 saturated carbocycles. The molecular formula is C35H34F2N2O7. The summed E-state index contributed by atoms with van der Waals surface area (Å²) in [6.45, 7) is 3.65. The van der Waals surface area contributed by atoms with E-state index in [4.69, 9.17) is 9.84 Å². The number of benzene rings is 3. The van der Waals surface area contributed by atoms with Crippen LogP contribution >= 0.6 is 0 Å². The summed E-state index contributed by atoms with van der Waals surface area (Å²) in [4.78, 5) is 37.8. The van der Waals surface area contributed by atoms with Crippen LogP contribution in [0.3, 0.4) is 0 Å². The summed E-state index contributed by atoms with van der Waals surface area (Å²) < 4.78 is 34.8. The molecule has 11 heteroatoms. The molecule has 0 radical (unpaired) electrons. The molecule has 2 unspecified atom stereocenters. The number of ether oxygens (including phenoxy) is 1. The third-order valence-corrected chi connectivity index (χ3v) is 7.22. The number of amides is 1. The van der Waals surface area contributed by atoms with Crippen molar-refractivity contribution >= 4 is 29.6 Å². The second-order valence-electron chi connectivity index (χ2n) is 10.9. The summed E-state index contributed by atoms with van der Waals surface area (Å²) >= 11 is 0. The highest BCUT2D eigenvalue weighted by Gasteiger charge is 2.30. The first-order valence-corrected chi connectivity index (χ1v) is 14.5. The number of hydrogen-bond donors (Lipinski definition) is 4. The molecule has 0 aliphatic heterocycles. The van der Waals surface area contributed by atoms with Crippen LogP contribution in [0.2, 0.25) is 0 Å². The van der Waals surface area contributed by atoms with Gasteiger partial charge < -0.3 is 29.9 Å². The monoisotopic (exact) mass is 632 g/mol. The second kappa shape index (κ2) is 14.8. The van der Waals surface area contributed by atoms with Crippen LogP contribution < -0.4 is 5.32 Å². The third kappa shape index (κ3) is 7.74. The first-order chi connectivity index (χ1) is 21.9. The van der Waals surface area contributed by atoms with Gasteiger partial charge in [0.25, 0.3) is 5.91 Å². The lowest BCUT2D eigenvalue weighted by atomic mass is 9.94. The van der Waals surface area contributed by atoms with Crippen molar-refractivity contribution in [2.75, 3.05) is 12.4 Å². The van der Waals surface area contributed by atoms with Crippen LogP contribution in [0.1, 0.15) is 59.3 Å². The molecule has 1 amide bonds. The zero-order valence-corrected chi connectivity index (χ0v) is 25.4. The molecule has 4 rings (SSSR count). The van der Waals surface area contributed by atoms with Crippen LogP contribution in [0, 0.1) is 11.6 Å². The van der Waals surface area contributed by atoms with Gasteiger partial charge in [-0.1, -0.05) is 42.5 Å². The number of aliphatic carboxylic acids is 1. The predicted octanol–water partition coefficient (Wildman–Crippen LogP) is 6.32. The number of rotatable bonds is 12. The number of aliphatic hydroxyl groups excluding tert-OH is 2. The summed E-state index contributed by atoms with van der Waals surface area (Å²) in [6.07, 6.45) is -0.474. The molecule has 2 atom stereocenters. The molecule has 4 N–H and O–H groups in total. The first-order valence-electron chi connectivity index (χ1n) is 14.5. The Balaban J connectivity index is 2.00. The SMILES string of the molecule is COC(=O)c1ccccc1NC(=O)c1c(-c2ccc(F)cc2)c(-c2ccc(F)cc2)c(C=CC(O)CC(O)CC(=O)O)n1C(C)C. The van der Waals surface area contributed by atoms with E-state index in [1.807, 2.05) is 13.8 Å². The fourth-order valence-corrected chi connectivity index (χ4v) is 5.24. The van der Waals surface area contributed by atoms with Gasteiger partial charge in [0.05, 0.1) is 37.0 Å². The molecule has 240 valence electrons. The minimum absolute atomic E-state index is 0.117. The van der Waals surface area contributed by atoms with Gasteiger partial charge in [0.2, 0.25) is 0 Å². The molecule has 0 spiro atoms. The van der Waals surface area contributed by atoms with Crippen molar-refractivity contribution < 1.29 is 43.2 Å². The van der Waals surface area contributed by atoms with E-state index >= 15 is 0 Å². The maximum Gasteiger partial charge on any atom is 0.339 e. The van der Waals surface area contributed by atoms with Crippen molar-refractivity contribution in [2.24, 2.45) is 0 Å². The number of nitrogens with zero attached hydrogens (tertiary/aromatic N) is 1. The van der Waals surface area contributed by atoms with E-state index in [0.717, 1.165) is 0 Å². The van der Waals surface area contributed by atoms with E-state index in [-0.39, 0.29) is 29.4 Å². The molecule has 9 nitrogen and oxygen atoms in total. The standard InChI is InChI=1S/C35H34F2N2O7/c1-20(2)39-29(17-16-25(40)18-26(41)19-30(42)43)31(21-8-12-23(36)13-9-21)32(22-10-14-24(37)15-11-22)33(39)34(44)38-28-7-5-4-6-27(28)35(45)46-3/h4-17,20,25-26,40-41H,18-19H2,1-3H3,(H,38,44)(H,42,43). The van der Waals surface area contributed by atoms with E-state index in [1.165, 1.54) is 67.8 Å². The number of anilines is 1. The lowest BCUT2D eigenvalue weighted by molar-refractivity contribution is -0.139. The Hall–Kier alpha value is -5.13. The Morgan fingerprint density at radius 1 is 0.891 bits per heavy atom. The van der Waals surface area contributed by atoms with Crippen LogP contribution in [0.5, 0.6) is 0 Å².